The Bertz CT molecular complexity index is 1360. The Morgan fingerprint density at radius 2 is 1.76 bits per heavy atom. The number of aromatic nitrogens is 2. The van der Waals surface area contributed by atoms with Crippen molar-refractivity contribution in [3.8, 4) is 11.6 Å². The molecule has 3 heterocycles. The Morgan fingerprint density at radius 1 is 0.966 bits per heavy atom. The van der Waals surface area contributed by atoms with E-state index >= 15 is 0 Å². The van der Waals surface area contributed by atoms with Crippen LogP contribution in [0.25, 0.3) is 32.8 Å². The van der Waals surface area contributed by atoms with E-state index in [1.54, 1.807) is 0 Å². The lowest BCUT2D eigenvalue weighted by Crippen LogP contribution is -2.07. The second kappa shape index (κ2) is 6.66. The third-order valence-electron chi connectivity index (χ3n) is 5.62. The van der Waals surface area contributed by atoms with Crippen molar-refractivity contribution >= 4 is 32.8 Å². The molecular formula is C25H24N2O2. The number of aryl methyl sites for hydroxylation is 1. The van der Waals surface area contributed by atoms with E-state index in [1.165, 1.54) is 16.6 Å². The molecule has 0 saturated carbocycles. The minimum Gasteiger partial charge on any atom is -0.456 e. The number of nitrogens with zero attached hydrogens (tertiary/aromatic N) is 2. The standard InChI is InChI=1S/C25H24N2O2/c1-15(2)14-27-17(4)16(3)19-11-12-26-25(24(19)27)28-18-9-10-23-21(13-18)20-7-5-6-8-22(20)29-23/h5-13,15H,14H2,1-4H3. The predicted molar refractivity (Wildman–Crippen MR) is 118 cm³/mol. The Kier molecular flexibility index (Phi) is 4.09. The first-order chi connectivity index (χ1) is 14.0. The summed E-state index contributed by atoms with van der Waals surface area (Å²) in [6.45, 7) is 9.74. The van der Waals surface area contributed by atoms with Crippen LogP contribution >= 0.6 is 0 Å². The summed E-state index contributed by atoms with van der Waals surface area (Å²) in [5.41, 5.74) is 5.36. The number of rotatable bonds is 4. The van der Waals surface area contributed by atoms with Crippen molar-refractivity contribution in [1.29, 1.82) is 0 Å². The Balaban J connectivity index is 1.65. The number of para-hydroxylation sites is 1. The molecule has 5 aromatic rings. The van der Waals surface area contributed by atoms with E-state index in [0.717, 1.165) is 39.7 Å². The van der Waals surface area contributed by atoms with Gasteiger partial charge in [-0.3, -0.25) is 0 Å². The van der Waals surface area contributed by atoms with Gasteiger partial charge in [-0.2, -0.15) is 0 Å². The quantitative estimate of drug-likeness (QED) is 0.335. The smallest absolute Gasteiger partial charge is 0.244 e. The lowest BCUT2D eigenvalue weighted by molar-refractivity contribution is 0.460. The van der Waals surface area contributed by atoms with Gasteiger partial charge in [0.25, 0.3) is 0 Å². The molecule has 0 aliphatic carbocycles. The van der Waals surface area contributed by atoms with E-state index in [2.05, 4.69) is 49.4 Å². The highest BCUT2D eigenvalue weighted by Gasteiger charge is 2.18. The molecule has 0 aliphatic rings. The van der Waals surface area contributed by atoms with Crippen molar-refractivity contribution in [2.45, 2.75) is 34.2 Å². The average molecular weight is 384 g/mol. The Morgan fingerprint density at radius 3 is 2.59 bits per heavy atom. The zero-order chi connectivity index (χ0) is 20.1. The van der Waals surface area contributed by atoms with Crippen molar-refractivity contribution < 1.29 is 9.15 Å². The van der Waals surface area contributed by atoms with Crippen molar-refractivity contribution in [1.82, 2.24) is 9.55 Å². The van der Waals surface area contributed by atoms with Crippen LogP contribution in [0.2, 0.25) is 0 Å². The highest BCUT2D eigenvalue weighted by molar-refractivity contribution is 6.05. The number of hydrogen-bond donors (Lipinski definition) is 0. The van der Waals surface area contributed by atoms with Crippen LogP contribution in [0.4, 0.5) is 0 Å². The van der Waals surface area contributed by atoms with Crippen LogP contribution in [0, 0.1) is 19.8 Å². The van der Waals surface area contributed by atoms with E-state index in [9.17, 15) is 0 Å². The number of pyridine rings is 1. The zero-order valence-corrected chi connectivity index (χ0v) is 17.2. The molecule has 0 radical (unpaired) electrons. The number of benzene rings is 2. The number of furan rings is 1. The molecular weight excluding hydrogens is 360 g/mol. The fourth-order valence-corrected chi connectivity index (χ4v) is 4.11. The van der Waals surface area contributed by atoms with E-state index in [4.69, 9.17) is 9.15 Å². The SMILES string of the molecule is Cc1c(C)n(CC(C)C)c2c(Oc3ccc4oc5ccccc5c4c3)nccc12. The summed E-state index contributed by atoms with van der Waals surface area (Å²) in [4.78, 5) is 4.59. The molecule has 2 aromatic carbocycles. The van der Waals surface area contributed by atoms with Crippen molar-refractivity contribution in [2.24, 2.45) is 5.92 Å². The molecule has 3 aromatic heterocycles. The second-order valence-electron chi connectivity index (χ2n) is 8.09. The molecule has 4 nitrogen and oxygen atoms in total. The largest absolute Gasteiger partial charge is 0.456 e. The first-order valence-electron chi connectivity index (χ1n) is 10.1. The molecule has 0 aliphatic heterocycles. The van der Waals surface area contributed by atoms with E-state index in [1.807, 2.05) is 42.6 Å². The van der Waals surface area contributed by atoms with Crippen molar-refractivity contribution in [3.63, 3.8) is 0 Å². The predicted octanol–water partition coefficient (Wildman–Crippen LogP) is 7.00. The molecule has 0 amide bonds. The normalized spacial score (nSPS) is 11.9. The first kappa shape index (κ1) is 17.8. The number of fused-ring (bicyclic) bond motifs is 4. The highest BCUT2D eigenvalue weighted by atomic mass is 16.5. The van der Waals surface area contributed by atoms with E-state index in [0.29, 0.717) is 11.8 Å². The maximum absolute atomic E-state index is 6.34. The minimum absolute atomic E-state index is 0.533. The summed E-state index contributed by atoms with van der Waals surface area (Å²) < 4.78 is 14.6. The van der Waals surface area contributed by atoms with Gasteiger partial charge in [-0.25, -0.2) is 4.98 Å². The third-order valence-corrected chi connectivity index (χ3v) is 5.62. The maximum atomic E-state index is 6.34. The summed E-state index contributed by atoms with van der Waals surface area (Å²) in [6, 6.07) is 16.1. The van der Waals surface area contributed by atoms with Crippen LogP contribution in [0.5, 0.6) is 11.6 Å². The molecule has 0 unspecified atom stereocenters. The maximum Gasteiger partial charge on any atom is 0.244 e. The molecule has 29 heavy (non-hydrogen) atoms. The molecule has 146 valence electrons. The monoisotopic (exact) mass is 384 g/mol. The first-order valence-corrected chi connectivity index (χ1v) is 10.1. The second-order valence-corrected chi connectivity index (χ2v) is 8.09. The number of hydrogen-bond acceptors (Lipinski definition) is 3. The lowest BCUT2D eigenvalue weighted by Gasteiger charge is -2.13. The van der Waals surface area contributed by atoms with Crippen molar-refractivity contribution in [3.05, 3.63) is 66.0 Å². The molecule has 0 saturated heterocycles. The van der Waals surface area contributed by atoms with Gasteiger partial charge in [-0.15, -0.1) is 0 Å². The molecule has 0 atom stereocenters. The van der Waals surface area contributed by atoms with Gasteiger partial charge >= 0.3 is 0 Å². The van der Waals surface area contributed by atoms with Crippen LogP contribution in [0.1, 0.15) is 25.1 Å². The highest BCUT2D eigenvalue weighted by Crippen LogP contribution is 2.36. The van der Waals surface area contributed by atoms with E-state index in [-0.39, 0.29) is 0 Å². The summed E-state index contributed by atoms with van der Waals surface area (Å²) in [5.74, 6) is 1.94. The van der Waals surface area contributed by atoms with Crippen molar-refractivity contribution in [2.75, 3.05) is 0 Å². The van der Waals surface area contributed by atoms with Gasteiger partial charge in [0.1, 0.15) is 22.4 Å². The van der Waals surface area contributed by atoms with Gasteiger partial charge in [-0.1, -0.05) is 32.0 Å². The molecule has 0 spiro atoms. The molecule has 0 fully saturated rings. The fraction of sp³-hybridized carbons (Fsp3) is 0.240. The Labute approximate surface area is 169 Å². The third kappa shape index (κ3) is 2.87. The van der Waals surface area contributed by atoms with Crippen LogP contribution in [-0.4, -0.2) is 9.55 Å². The molecule has 0 bridgehead atoms. The molecule has 0 N–H and O–H groups in total. The van der Waals surface area contributed by atoms with Crippen LogP contribution in [0.15, 0.2) is 59.1 Å². The molecule has 4 heteroatoms. The average Bonchev–Trinajstić information content (AvgIpc) is 3.19. The van der Waals surface area contributed by atoms with E-state index < -0.39 is 0 Å². The molecule has 5 rings (SSSR count). The summed E-state index contributed by atoms with van der Waals surface area (Å²) in [5, 5.41) is 3.34. The van der Waals surface area contributed by atoms with Crippen LogP contribution in [-0.2, 0) is 6.54 Å². The minimum atomic E-state index is 0.533. The summed E-state index contributed by atoms with van der Waals surface area (Å²) in [7, 11) is 0. The fourth-order valence-electron chi connectivity index (χ4n) is 4.11. The van der Waals surface area contributed by atoms with Crippen LogP contribution in [0.3, 0.4) is 0 Å². The van der Waals surface area contributed by atoms with Gasteiger partial charge < -0.3 is 13.7 Å². The summed E-state index contributed by atoms with van der Waals surface area (Å²) >= 11 is 0. The van der Waals surface area contributed by atoms with Crippen LogP contribution < -0.4 is 4.74 Å². The topological polar surface area (TPSA) is 40.2 Å². The zero-order valence-electron chi connectivity index (χ0n) is 17.2. The van der Waals surface area contributed by atoms with Gasteiger partial charge in [0.05, 0.1) is 0 Å². The number of ether oxygens (including phenoxy) is 1. The van der Waals surface area contributed by atoms with Gasteiger partial charge in [0, 0.05) is 34.6 Å². The Hall–Kier alpha value is -3.27. The van der Waals surface area contributed by atoms with Gasteiger partial charge in [-0.05, 0) is 55.7 Å². The van der Waals surface area contributed by atoms with Gasteiger partial charge in [0.15, 0.2) is 0 Å². The summed E-state index contributed by atoms with van der Waals surface area (Å²) in [6.07, 6.45) is 1.83. The van der Waals surface area contributed by atoms with Gasteiger partial charge in [0.2, 0.25) is 5.88 Å². The lowest BCUT2D eigenvalue weighted by atomic mass is 10.1.